The number of aliphatic imine (C=N–C) groups is 1. The maximum absolute atomic E-state index is 11.8. The molecule has 0 bridgehead atoms. The Balaban J connectivity index is 1.56. The number of benzene rings is 1. The molecule has 0 spiro atoms. The van der Waals surface area contributed by atoms with Crippen molar-refractivity contribution in [2.24, 2.45) is 4.99 Å². The van der Waals surface area contributed by atoms with Crippen LogP contribution in [0.3, 0.4) is 0 Å². The summed E-state index contributed by atoms with van der Waals surface area (Å²) in [6, 6.07) is 6.83. The minimum atomic E-state index is -3.25. The van der Waals surface area contributed by atoms with Crippen LogP contribution in [-0.2, 0) is 9.84 Å². The van der Waals surface area contributed by atoms with Gasteiger partial charge in [0.05, 0.1) is 4.90 Å². The highest BCUT2D eigenvalue weighted by atomic mass is 32.2. The highest BCUT2D eigenvalue weighted by Gasteiger charge is 2.14. The zero-order valence-corrected chi connectivity index (χ0v) is 16.9. The van der Waals surface area contributed by atoms with Crippen molar-refractivity contribution >= 4 is 43.6 Å². The van der Waals surface area contributed by atoms with Gasteiger partial charge in [0.25, 0.3) is 0 Å². The summed E-state index contributed by atoms with van der Waals surface area (Å²) in [5.74, 6) is 0.749. The van der Waals surface area contributed by atoms with Gasteiger partial charge < -0.3 is 10.6 Å². The summed E-state index contributed by atoms with van der Waals surface area (Å²) in [4.78, 5) is 13.9. The van der Waals surface area contributed by atoms with Crippen LogP contribution in [-0.4, -0.2) is 43.7 Å². The van der Waals surface area contributed by atoms with E-state index >= 15 is 0 Å². The van der Waals surface area contributed by atoms with Crippen LogP contribution >= 0.6 is 22.7 Å². The third kappa shape index (κ3) is 4.18. The van der Waals surface area contributed by atoms with E-state index in [4.69, 9.17) is 0 Å². The highest BCUT2D eigenvalue weighted by molar-refractivity contribution is 7.90. The average Bonchev–Trinajstić information content (AvgIpc) is 3.31. The number of hydrogen-bond donors (Lipinski definition) is 2. The first-order chi connectivity index (χ1) is 13.0. The van der Waals surface area contributed by atoms with E-state index in [2.05, 4.69) is 25.6 Å². The van der Waals surface area contributed by atoms with Crippen molar-refractivity contribution in [3.8, 4) is 22.0 Å². The van der Waals surface area contributed by atoms with E-state index in [1.54, 1.807) is 18.2 Å². The van der Waals surface area contributed by atoms with E-state index in [0.29, 0.717) is 0 Å². The summed E-state index contributed by atoms with van der Waals surface area (Å²) in [7, 11) is -3.25. The van der Waals surface area contributed by atoms with Gasteiger partial charge in [0.15, 0.2) is 20.9 Å². The number of nitrogens with zero attached hydrogens (tertiary/aromatic N) is 3. The molecule has 1 aliphatic heterocycles. The molecule has 27 heavy (non-hydrogen) atoms. The number of sulfone groups is 1. The molecule has 7 nitrogen and oxygen atoms in total. The van der Waals surface area contributed by atoms with Crippen molar-refractivity contribution in [1.29, 1.82) is 0 Å². The molecular weight excluding hydrogens is 402 g/mol. The Morgan fingerprint density at radius 2 is 1.96 bits per heavy atom. The number of guanidine groups is 1. The lowest BCUT2D eigenvalue weighted by Crippen LogP contribution is -2.35. The molecule has 140 valence electrons. The lowest BCUT2D eigenvalue weighted by molar-refractivity contribution is 0.602. The van der Waals surface area contributed by atoms with Gasteiger partial charge in [0.1, 0.15) is 16.4 Å². The molecule has 3 aromatic rings. The maximum Gasteiger partial charge on any atom is 0.197 e. The molecule has 3 heterocycles. The van der Waals surface area contributed by atoms with E-state index in [0.717, 1.165) is 52.6 Å². The topological polar surface area (TPSA) is 96.3 Å². The maximum atomic E-state index is 11.8. The second-order valence-corrected chi connectivity index (χ2v) is 9.74. The molecule has 0 saturated carbocycles. The van der Waals surface area contributed by atoms with Crippen molar-refractivity contribution in [3.05, 3.63) is 35.0 Å². The van der Waals surface area contributed by atoms with Crippen molar-refractivity contribution in [2.75, 3.05) is 24.7 Å². The first-order valence-corrected chi connectivity index (χ1v) is 11.9. The number of thiazole rings is 2. The lowest BCUT2D eigenvalue weighted by Gasteiger charge is -2.13. The first-order valence-electron chi connectivity index (χ1n) is 8.26. The normalized spacial score (nSPS) is 14.5. The highest BCUT2D eigenvalue weighted by Crippen LogP contribution is 2.31. The van der Waals surface area contributed by atoms with Gasteiger partial charge in [0, 0.05) is 35.7 Å². The molecule has 2 aromatic heterocycles. The fourth-order valence-electron chi connectivity index (χ4n) is 2.55. The molecular formula is C17H17N5O2S3. The summed E-state index contributed by atoms with van der Waals surface area (Å²) < 4.78 is 23.5. The van der Waals surface area contributed by atoms with E-state index in [1.165, 1.54) is 28.9 Å². The van der Waals surface area contributed by atoms with E-state index < -0.39 is 9.84 Å². The van der Waals surface area contributed by atoms with Crippen LogP contribution in [0.2, 0.25) is 0 Å². The molecule has 0 unspecified atom stereocenters. The Bertz CT molecular complexity index is 1100. The van der Waals surface area contributed by atoms with Gasteiger partial charge in [-0.25, -0.2) is 18.4 Å². The fraction of sp³-hybridized carbons (Fsp3) is 0.235. The molecule has 0 fully saturated rings. The smallest absolute Gasteiger partial charge is 0.197 e. The minimum absolute atomic E-state index is 0.289. The summed E-state index contributed by atoms with van der Waals surface area (Å²) in [6.45, 7) is 1.72. The van der Waals surface area contributed by atoms with Gasteiger partial charge in [-0.3, -0.25) is 4.99 Å². The lowest BCUT2D eigenvalue weighted by atomic mass is 10.2. The van der Waals surface area contributed by atoms with Crippen LogP contribution in [0, 0.1) is 0 Å². The molecule has 0 amide bonds. The van der Waals surface area contributed by atoms with Crippen molar-refractivity contribution in [2.45, 2.75) is 11.3 Å². The standard InChI is InChI=1S/C17H17N5O2S3/c1-27(23,24)12-5-2-4-11(8-12)15-20-13(9-25-15)14-10-26-17(21-14)22-16-18-6-3-7-19-16/h2,4-5,8-10H,3,6-7H2,1H3,(H2,18,19,21,22). The second kappa shape index (κ2) is 7.37. The average molecular weight is 420 g/mol. The van der Waals surface area contributed by atoms with Gasteiger partial charge in [0.2, 0.25) is 0 Å². The number of rotatable bonds is 4. The Hall–Kier alpha value is -2.30. The number of hydrogen-bond acceptors (Lipinski definition) is 9. The summed E-state index contributed by atoms with van der Waals surface area (Å²) in [5.41, 5.74) is 2.33. The Labute approximate surface area is 165 Å². The van der Waals surface area contributed by atoms with E-state index in [9.17, 15) is 8.42 Å². The van der Waals surface area contributed by atoms with E-state index in [-0.39, 0.29) is 4.90 Å². The summed E-state index contributed by atoms with van der Waals surface area (Å²) in [6.07, 6.45) is 2.24. The van der Waals surface area contributed by atoms with Crippen LogP contribution in [0.5, 0.6) is 0 Å². The van der Waals surface area contributed by atoms with Crippen LogP contribution in [0.4, 0.5) is 5.13 Å². The van der Waals surface area contributed by atoms with Gasteiger partial charge in [-0.2, -0.15) is 0 Å². The van der Waals surface area contributed by atoms with Crippen molar-refractivity contribution in [3.63, 3.8) is 0 Å². The molecule has 0 atom stereocenters. The predicted octanol–water partition coefficient (Wildman–Crippen LogP) is 3.10. The number of anilines is 1. The summed E-state index contributed by atoms with van der Waals surface area (Å²) >= 11 is 2.96. The number of nitrogens with one attached hydrogen (secondary N) is 2. The zero-order chi connectivity index (χ0) is 18.9. The molecule has 0 radical (unpaired) electrons. The molecule has 1 aromatic carbocycles. The van der Waals surface area contributed by atoms with Gasteiger partial charge in [-0.15, -0.1) is 22.7 Å². The zero-order valence-electron chi connectivity index (χ0n) is 14.5. The van der Waals surface area contributed by atoms with Crippen LogP contribution in [0.25, 0.3) is 22.0 Å². The van der Waals surface area contributed by atoms with E-state index in [1.807, 2.05) is 16.8 Å². The largest absolute Gasteiger partial charge is 0.356 e. The first kappa shape index (κ1) is 18.1. The molecule has 4 rings (SSSR count). The fourth-order valence-corrected chi connectivity index (χ4v) is 4.73. The van der Waals surface area contributed by atoms with Crippen molar-refractivity contribution in [1.82, 2.24) is 15.3 Å². The molecule has 0 aliphatic carbocycles. The third-order valence-corrected chi connectivity index (χ3v) is 6.66. The van der Waals surface area contributed by atoms with Gasteiger partial charge >= 0.3 is 0 Å². The minimum Gasteiger partial charge on any atom is -0.356 e. The third-order valence-electron chi connectivity index (χ3n) is 3.90. The molecule has 0 saturated heterocycles. The van der Waals surface area contributed by atoms with Gasteiger partial charge in [-0.1, -0.05) is 12.1 Å². The molecule has 1 aliphatic rings. The quantitative estimate of drug-likeness (QED) is 0.675. The Kier molecular flexibility index (Phi) is 4.94. The number of aromatic nitrogens is 2. The van der Waals surface area contributed by atoms with Crippen LogP contribution in [0.1, 0.15) is 6.42 Å². The van der Waals surface area contributed by atoms with Crippen LogP contribution < -0.4 is 10.6 Å². The molecule has 2 N–H and O–H groups in total. The van der Waals surface area contributed by atoms with Gasteiger partial charge in [-0.05, 0) is 18.6 Å². The predicted molar refractivity (Wildman–Crippen MR) is 110 cm³/mol. The Morgan fingerprint density at radius 3 is 2.74 bits per heavy atom. The second-order valence-electron chi connectivity index (χ2n) is 6.01. The van der Waals surface area contributed by atoms with Crippen molar-refractivity contribution < 1.29 is 8.42 Å². The van der Waals surface area contributed by atoms with Crippen LogP contribution in [0.15, 0.2) is 44.9 Å². The monoisotopic (exact) mass is 419 g/mol. The summed E-state index contributed by atoms with van der Waals surface area (Å²) in [5, 5.41) is 11.8. The Morgan fingerprint density at radius 1 is 1.15 bits per heavy atom. The SMILES string of the molecule is CS(=O)(=O)c1cccc(-c2nc(-c3csc(NC4=NCCCN4)n3)cs2)c1. The molecule has 10 heteroatoms.